The lowest BCUT2D eigenvalue weighted by atomic mass is 10.2. The predicted molar refractivity (Wildman–Crippen MR) is 97.1 cm³/mol. The molecule has 2 aromatic carbocycles. The number of hydrogen-bond acceptors (Lipinski definition) is 4. The Morgan fingerprint density at radius 3 is 1.78 bits per heavy atom. The van der Waals surface area contributed by atoms with Crippen LogP contribution >= 0.6 is 22.6 Å². The van der Waals surface area contributed by atoms with Crippen molar-refractivity contribution in [3.05, 3.63) is 62.2 Å². The van der Waals surface area contributed by atoms with Crippen LogP contribution in [-0.4, -0.2) is 18.1 Å². The summed E-state index contributed by atoms with van der Waals surface area (Å²) in [6.45, 7) is 1.29. The largest absolute Gasteiger partial charge is 0.494 e. The summed E-state index contributed by atoms with van der Waals surface area (Å²) >= 11 is 2.26. The third kappa shape index (κ3) is 6.43. The SMILES string of the molecule is O=[N+]([O-])c1ccc(OCCCCCOc2ccc(I)cc2)cc1. The fraction of sp³-hybridized carbons (Fsp3) is 0.294. The minimum Gasteiger partial charge on any atom is -0.494 e. The topological polar surface area (TPSA) is 61.6 Å². The predicted octanol–water partition coefficient (Wildman–Crippen LogP) is 4.83. The van der Waals surface area contributed by atoms with Crippen LogP contribution in [-0.2, 0) is 0 Å². The van der Waals surface area contributed by atoms with Crippen LogP contribution in [0.2, 0.25) is 0 Å². The van der Waals surface area contributed by atoms with Gasteiger partial charge in [-0.3, -0.25) is 10.1 Å². The Bertz CT molecular complexity index is 613. The summed E-state index contributed by atoms with van der Waals surface area (Å²) in [7, 11) is 0. The lowest BCUT2D eigenvalue weighted by molar-refractivity contribution is -0.384. The lowest BCUT2D eigenvalue weighted by Gasteiger charge is -2.07. The maximum atomic E-state index is 10.5. The van der Waals surface area contributed by atoms with Gasteiger partial charge in [0.2, 0.25) is 0 Å². The van der Waals surface area contributed by atoms with E-state index in [-0.39, 0.29) is 5.69 Å². The molecule has 122 valence electrons. The smallest absolute Gasteiger partial charge is 0.269 e. The van der Waals surface area contributed by atoms with Crippen LogP contribution in [0.5, 0.6) is 11.5 Å². The second-order valence-corrected chi connectivity index (χ2v) is 6.21. The van der Waals surface area contributed by atoms with E-state index < -0.39 is 4.92 Å². The number of rotatable bonds is 9. The Morgan fingerprint density at radius 1 is 0.826 bits per heavy atom. The average Bonchev–Trinajstić information content (AvgIpc) is 2.56. The highest BCUT2D eigenvalue weighted by atomic mass is 127. The zero-order valence-corrected chi connectivity index (χ0v) is 14.8. The molecule has 0 amide bonds. The Balaban J connectivity index is 1.55. The third-order valence-electron chi connectivity index (χ3n) is 3.19. The fourth-order valence-electron chi connectivity index (χ4n) is 1.96. The van der Waals surface area contributed by atoms with Crippen molar-refractivity contribution < 1.29 is 14.4 Å². The standard InChI is InChI=1S/C17H18INO4/c18-14-4-8-16(9-5-14)22-12-2-1-3-13-23-17-10-6-15(7-11-17)19(20)21/h4-11H,1-3,12-13H2. The van der Waals surface area contributed by atoms with Crippen LogP contribution in [0, 0.1) is 13.7 Å². The molecule has 0 fully saturated rings. The maximum Gasteiger partial charge on any atom is 0.269 e. The number of nitrogens with zero attached hydrogens (tertiary/aromatic N) is 1. The molecule has 0 aliphatic rings. The molecule has 0 aromatic heterocycles. The first kappa shape index (κ1) is 17.5. The Labute approximate surface area is 148 Å². The van der Waals surface area contributed by atoms with Gasteiger partial charge >= 0.3 is 0 Å². The van der Waals surface area contributed by atoms with E-state index in [0.29, 0.717) is 19.0 Å². The summed E-state index contributed by atoms with van der Waals surface area (Å²) in [6.07, 6.45) is 2.90. The molecule has 0 saturated heterocycles. The van der Waals surface area contributed by atoms with E-state index in [2.05, 4.69) is 22.6 Å². The van der Waals surface area contributed by atoms with Gasteiger partial charge in [-0.2, -0.15) is 0 Å². The van der Waals surface area contributed by atoms with Crippen molar-refractivity contribution in [1.82, 2.24) is 0 Å². The van der Waals surface area contributed by atoms with Crippen LogP contribution in [0.4, 0.5) is 5.69 Å². The molecule has 0 radical (unpaired) electrons. The summed E-state index contributed by atoms with van der Waals surface area (Å²) in [5.41, 5.74) is 0.0742. The molecule has 0 unspecified atom stereocenters. The molecule has 0 aliphatic heterocycles. The molecule has 0 heterocycles. The van der Waals surface area contributed by atoms with E-state index in [0.717, 1.165) is 25.0 Å². The maximum absolute atomic E-state index is 10.5. The van der Waals surface area contributed by atoms with E-state index in [1.165, 1.54) is 15.7 Å². The number of halogens is 1. The van der Waals surface area contributed by atoms with Gasteiger partial charge in [-0.05, 0) is 78.3 Å². The zero-order valence-electron chi connectivity index (χ0n) is 12.6. The van der Waals surface area contributed by atoms with Crippen LogP contribution in [0.25, 0.3) is 0 Å². The number of hydrogen-bond donors (Lipinski definition) is 0. The third-order valence-corrected chi connectivity index (χ3v) is 3.91. The Kier molecular flexibility index (Phi) is 7.12. The summed E-state index contributed by atoms with van der Waals surface area (Å²) < 4.78 is 12.4. The molecular formula is C17H18INO4. The van der Waals surface area contributed by atoms with E-state index in [1.807, 2.05) is 24.3 Å². The molecule has 0 N–H and O–H groups in total. The molecule has 0 aliphatic carbocycles. The first-order valence-corrected chi connectivity index (χ1v) is 8.48. The molecule has 0 spiro atoms. The van der Waals surface area contributed by atoms with Gasteiger partial charge in [-0.25, -0.2) is 0 Å². The number of benzene rings is 2. The number of nitro groups is 1. The van der Waals surface area contributed by atoms with Crippen molar-refractivity contribution >= 4 is 28.3 Å². The van der Waals surface area contributed by atoms with Crippen molar-refractivity contribution in [3.63, 3.8) is 0 Å². The fourth-order valence-corrected chi connectivity index (χ4v) is 2.32. The van der Waals surface area contributed by atoms with Crippen molar-refractivity contribution in [3.8, 4) is 11.5 Å². The van der Waals surface area contributed by atoms with Crippen molar-refractivity contribution in [2.75, 3.05) is 13.2 Å². The minimum atomic E-state index is -0.419. The van der Waals surface area contributed by atoms with E-state index in [4.69, 9.17) is 9.47 Å². The molecule has 2 aromatic rings. The molecule has 0 atom stereocenters. The molecule has 0 saturated carbocycles. The van der Waals surface area contributed by atoms with Crippen LogP contribution in [0.3, 0.4) is 0 Å². The van der Waals surface area contributed by atoms with Crippen LogP contribution in [0.1, 0.15) is 19.3 Å². The minimum absolute atomic E-state index is 0.0742. The van der Waals surface area contributed by atoms with Gasteiger partial charge in [0.1, 0.15) is 11.5 Å². The summed E-state index contributed by atoms with van der Waals surface area (Å²) in [4.78, 5) is 10.1. The Hall–Kier alpha value is -1.83. The summed E-state index contributed by atoms with van der Waals surface area (Å²) in [5, 5.41) is 10.5. The van der Waals surface area contributed by atoms with Crippen molar-refractivity contribution in [2.24, 2.45) is 0 Å². The van der Waals surface area contributed by atoms with Gasteiger partial charge in [0.25, 0.3) is 5.69 Å². The van der Waals surface area contributed by atoms with E-state index >= 15 is 0 Å². The van der Waals surface area contributed by atoms with Gasteiger partial charge in [0, 0.05) is 15.7 Å². The summed E-state index contributed by atoms with van der Waals surface area (Å²) in [6, 6.07) is 14.1. The summed E-state index contributed by atoms with van der Waals surface area (Å²) in [5.74, 6) is 1.55. The second kappa shape index (κ2) is 9.34. The highest BCUT2D eigenvalue weighted by Crippen LogP contribution is 2.18. The Morgan fingerprint density at radius 2 is 1.30 bits per heavy atom. The number of nitro benzene ring substituents is 1. The first-order chi connectivity index (χ1) is 11.1. The molecule has 0 bridgehead atoms. The van der Waals surface area contributed by atoms with Gasteiger partial charge in [-0.15, -0.1) is 0 Å². The normalized spacial score (nSPS) is 10.3. The lowest BCUT2D eigenvalue weighted by Crippen LogP contribution is -2.01. The molecule has 23 heavy (non-hydrogen) atoms. The number of unbranched alkanes of at least 4 members (excludes halogenated alkanes) is 2. The molecule has 5 nitrogen and oxygen atoms in total. The highest BCUT2D eigenvalue weighted by Gasteiger charge is 2.04. The number of ether oxygens (including phenoxy) is 2. The molecule has 6 heteroatoms. The quantitative estimate of drug-likeness (QED) is 0.249. The van der Waals surface area contributed by atoms with Crippen molar-refractivity contribution in [2.45, 2.75) is 19.3 Å². The van der Waals surface area contributed by atoms with Gasteiger partial charge < -0.3 is 9.47 Å². The van der Waals surface area contributed by atoms with Gasteiger partial charge in [0.05, 0.1) is 18.1 Å². The van der Waals surface area contributed by atoms with Gasteiger partial charge in [-0.1, -0.05) is 0 Å². The molecular weight excluding hydrogens is 409 g/mol. The van der Waals surface area contributed by atoms with Crippen LogP contribution in [0.15, 0.2) is 48.5 Å². The monoisotopic (exact) mass is 427 g/mol. The second-order valence-electron chi connectivity index (χ2n) is 4.96. The van der Waals surface area contributed by atoms with Gasteiger partial charge in [0.15, 0.2) is 0 Å². The van der Waals surface area contributed by atoms with Crippen molar-refractivity contribution in [1.29, 1.82) is 0 Å². The number of non-ortho nitro benzene ring substituents is 1. The zero-order chi connectivity index (χ0) is 16.5. The van der Waals surface area contributed by atoms with E-state index in [1.54, 1.807) is 12.1 Å². The van der Waals surface area contributed by atoms with E-state index in [9.17, 15) is 10.1 Å². The average molecular weight is 427 g/mol. The first-order valence-electron chi connectivity index (χ1n) is 7.41. The highest BCUT2D eigenvalue weighted by molar-refractivity contribution is 14.1. The molecule has 2 rings (SSSR count). The van der Waals surface area contributed by atoms with Crippen LogP contribution < -0.4 is 9.47 Å².